The largest absolute Gasteiger partial charge is 0.260 e. The van der Waals surface area contributed by atoms with Gasteiger partial charge >= 0.3 is 0 Å². The third-order valence-corrected chi connectivity index (χ3v) is 3.69. The van der Waals surface area contributed by atoms with Crippen molar-refractivity contribution >= 4 is 10.8 Å². The number of unbranched alkanes of at least 4 members (excludes halogenated alkanes) is 6. The molecule has 0 fully saturated rings. The lowest BCUT2D eigenvalue weighted by molar-refractivity contribution is 0.601. The van der Waals surface area contributed by atoms with E-state index in [9.17, 15) is 4.21 Å². The van der Waals surface area contributed by atoms with Gasteiger partial charge in [0.1, 0.15) is 0 Å². The van der Waals surface area contributed by atoms with Gasteiger partial charge in [0, 0.05) is 22.3 Å². The fraction of sp³-hybridized carbons (Fsp3) is 1.00. The summed E-state index contributed by atoms with van der Waals surface area (Å²) in [7, 11) is -0.536. The molecule has 0 amide bonds. The van der Waals surface area contributed by atoms with E-state index in [4.69, 9.17) is 0 Å². The molecule has 0 heterocycles. The molecule has 0 aliphatic heterocycles. The predicted molar refractivity (Wildman–Crippen MR) is 61.5 cm³/mol. The molecular formula is C11H24OS. The first-order valence-corrected chi connectivity index (χ1v) is 7.15. The minimum absolute atomic E-state index is 0.536. The van der Waals surface area contributed by atoms with E-state index < -0.39 is 10.8 Å². The van der Waals surface area contributed by atoms with Crippen LogP contribution in [0.3, 0.4) is 0 Å². The zero-order valence-electron chi connectivity index (χ0n) is 9.18. The summed E-state index contributed by atoms with van der Waals surface area (Å²) >= 11 is 0. The Kier molecular flexibility index (Phi) is 10.4. The molecule has 0 aromatic carbocycles. The van der Waals surface area contributed by atoms with E-state index in [-0.39, 0.29) is 0 Å². The summed E-state index contributed by atoms with van der Waals surface area (Å²) < 4.78 is 11.1. The summed E-state index contributed by atoms with van der Waals surface area (Å²) in [4.78, 5) is 0. The van der Waals surface area contributed by atoms with E-state index in [0.717, 1.165) is 17.9 Å². The molecular weight excluding hydrogens is 180 g/mol. The highest BCUT2D eigenvalue weighted by molar-refractivity contribution is 7.84. The van der Waals surface area contributed by atoms with Gasteiger partial charge in [0.2, 0.25) is 0 Å². The maximum absolute atomic E-state index is 11.1. The van der Waals surface area contributed by atoms with E-state index in [0.29, 0.717) is 0 Å². The first-order valence-electron chi connectivity index (χ1n) is 5.66. The normalized spacial score (nSPS) is 13.1. The number of hydrogen-bond donors (Lipinski definition) is 0. The molecule has 13 heavy (non-hydrogen) atoms. The van der Waals surface area contributed by atoms with E-state index >= 15 is 0 Å². The van der Waals surface area contributed by atoms with E-state index in [1.165, 1.54) is 38.5 Å². The monoisotopic (exact) mass is 204 g/mol. The second-order valence-electron chi connectivity index (χ2n) is 3.55. The van der Waals surface area contributed by atoms with Crippen LogP contribution in [0.1, 0.15) is 58.8 Å². The van der Waals surface area contributed by atoms with Crippen molar-refractivity contribution in [1.82, 2.24) is 0 Å². The smallest absolute Gasteiger partial charge is 0.0234 e. The molecule has 0 radical (unpaired) electrons. The van der Waals surface area contributed by atoms with Crippen LogP contribution < -0.4 is 0 Å². The van der Waals surface area contributed by atoms with Crippen molar-refractivity contribution in [3.8, 4) is 0 Å². The number of hydrogen-bond acceptors (Lipinski definition) is 1. The van der Waals surface area contributed by atoms with Crippen LogP contribution in [0.4, 0.5) is 0 Å². The third-order valence-electron chi connectivity index (χ3n) is 2.30. The van der Waals surface area contributed by atoms with E-state index in [1.54, 1.807) is 0 Å². The molecule has 0 saturated carbocycles. The zero-order valence-corrected chi connectivity index (χ0v) is 10.00. The van der Waals surface area contributed by atoms with Crippen LogP contribution in [0, 0.1) is 0 Å². The van der Waals surface area contributed by atoms with Gasteiger partial charge in [0.15, 0.2) is 0 Å². The average Bonchev–Trinajstić information content (AvgIpc) is 2.16. The maximum Gasteiger partial charge on any atom is 0.0234 e. The lowest BCUT2D eigenvalue weighted by Gasteiger charge is -2.00. The van der Waals surface area contributed by atoms with Gasteiger partial charge in [0.25, 0.3) is 0 Å². The van der Waals surface area contributed by atoms with Crippen molar-refractivity contribution in [2.45, 2.75) is 58.8 Å². The van der Waals surface area contributed by atoms with Gasteiger partial charge in [-0.1, -0.05) is 52.4 Å². The summed E-state index contributed by atoms with van der Waals surface area (Å²) in [6.45, 7) is 4.24. The molecule has 0 aliphatic rings. The van der Waals surface area contributed by atoms with Gasteiger partial charge in [0.05, 0.1) is 0 Å². The van der Waals surface area contributed by atoms with Crippen LogP contribution in [0.25, 0.3) is 0 Å². The standard InChI is InChI=1S/C11H24OS/c1-3-5-6-7-8-9-10-11-13(12)4-2/h3-11H2,1-2H3. The number of rotatable bonds is 9. The Hall–Kier alpha value is 0.150. The highest BCUT2D eigenvalue weighted by Gasteiger charge is 1.95. The molecule has 1 atom stereocenters. The van der Waals surface area contributed by atoms with Gasteiger partial charge in [-0.15, -0.1) is 0 Å². The van der Waals surface area contributed by atoms with Crippen molar-refractivity contribution in [2.24, 2.45) is 0 Å². The lowest BCUT2D eigenvalue weighted by atomic mass is 10.1. The summed E-state index contributed by atoms with van der Waals surface area (Å²) in [5.74, 6) is 1.75. The van der Waals surface area contributed by atoms with E-state index in [2.05, 4.69) is 6.92 Å². The molecule has 0 rings (SSSR count). The maximum atomic E-state index is 11.1. The molecule has 0 aromatic rings. The van der Waals surface area contributed by atoms with Crippen molar-refractivity contribution < 1.29 is 4.21 Å². The Morgan fingerprint density at radius 2 is 1.38 bits per heavy atom. The Morgan fingerprint density at radius 1 is 0.846 bits per heavy atom. The first kappa shape index (κ1) is 13.2. The molecule has 80 valence electrons. The van der Waals surface area contributed by atoms with Crippen LogP contribution in [-0.4, -0.2) is 15.7 Å². The molecule has 0 N–H and O–H groups in total. The van der Waals surface area contributed by atoms with Crippen LogP contribution in [0.2, 0.25) is 0 Å². The average molecular weight is 204 g/mol. The Morgan fingerprint density at radius 3 is 1.92 bits per heavy atom. The predicted octanol–water partition coefficient (Wildman–Crippen LogP) is 3.51. The van der Waals surface area contributed by atoms with Gasteiger partial charge < -0.3 is 0 Å². The highest BCUT2D eigenvalue weighted by atomic mass is 32.2. The van der Waals surface area contributed by atoms with Crippen molar-refractivity contribution in [3.05, 3.63) is 0 Å². The highest BCUT2D eigenvalue weighted by Crippen LogP contribution is 2.07. The lowest BCUT2D eigenvalue weighted by Crippen LogP contribution is -1.99. The SMILES string of the molecule is CCCCCCCCCS(=O)CC. The summed E-state index contributed by atoms with van der Waals surface area (Å²) in [5.41, 5.74) is 0. The van der Waals surface area contributed by atoms with Gasteiger partial charge in [-0.3, -0.25) is 4.21 Å². The van der Waals surface area contributed by atoms with Crippen LogP contribution in [0.15, 0.2) is 0 Å². The van der Waals surface area contributed by atoms with Crippen molar-refractivity contribution in [1.29, 1.82) is 0 Å². The first-order chi connectivity index (χ1) is 6.31. The molecule has 1 nitrogen and oxygen atoms in total. The molecule has 1 unspecified atom stereocenters. The zero-order chi connectivity index (χ0) is 9.94. The molecule has 0 saturated heterocycles. The van der Waals surface area contributed by atoms with Crippen LogP contribution >= 0.6 is 0 Å². The Labute approximate surface area is 85.8 Å². The van der Waals surface area contributed by atoms with E-state index in [1.807, 2.05) is 6.92 Å². The summed E-state index contributed by atoms with van der Waals surface area (Å²) in [5, 5.41) is 0. The minimum Gasteiger partial charge on any atom is -0.260 e. The molecule has 0 bridgehead atoms. The third kappa shape index (κ3) is 10.1. The van der Waals surface area contributed by atoms with Crippen LogP contribution in [-0.2, 0) is 10.8 Å². The van der Waals surface area contributed by atoms with Crippen molar-refractivity contribution in [2.75, 3.05) is 11.5 Å². The molecule has 0 aromatic heterocycles. The fourth-order valence-electron chi connectivity index (χ4n) is 1.36. The Balaban J connectivity index is 2.95. The molecule has 0 aliphatic carbocycles. The topological polar surface area (TPSA) is 17.1 Å². The molecule has 2 heteroatoms. The fourth-order valence-corrected chi connectivity index (χ4v) is 2.18. The van der Waals surface area contributed by atoms with Crippen LogP contribution in [0.5, 0.6) is 0 Å². The second kappa shape index (κ2) is 10.2. The van der Waals surface area contributed by atoms with Crippen molar-refractivity contribution in [3.63, 3.8) is 0 Å². The summed E-state index contributed by atoms with van der Waals surface area (Å²) in [6.07, 6.45) is 9.21. The summed E-state index contributed by atoms with van der Waals surface area (Å²) in [6, 6.07) is 0. The van der Waals surface area contributed by atoms with Gasteiger partial charge in [-0.05, 0) is 6.42 Å². The second-order valence-corrected chi connectivity index (χ2v) is 5.42. The van der Waals surface area contributed by atoms with Gasteiger partial charge in [-0.2, -0.15) is 0 Å². The quantitative estimate of drug-likeness (QED) is 0.525. The minimum atomic E-state index is -0.536. The van der Waals surface area contributed by atoms with Gasteiger partial charge in [-0.25, -0.2) is 0 Å². The Bertz CT molecular complexity index is 123. The molecule has 0 spiro atoms.